The number of hydrogen-bond acceptors (Lipinski definition) is 2. The topological polar surface area (TPSA) is 63.3 Å². The highest BCUT2D eigenvalue weighted by Crippen LogP contribution is 2.03. The van der Waals surface area contributed by atoms with Gasteiger partial charge in [0.25, 0.3) is 0 Å². The van der Waals surface area contributed by atoms with E-state index in [0.29, 0.717) is 6.54 Å². The predicted octanol–water partition coefficient (Wildman–Crippen LogP) is 1.01. The van der Waals surface area contributed by atoms with E-state index < -0.39 is 5.97 Å². The van der Waals surface area contributed by atoms with E-state index in [1.807, 2.05) is 24.3 Å². The van der Waals surface area contributed by atoms with E-state index in [2.05, 4.69) is 11.8 Å². The van der Waals surface area contributed by atoms with E-state index in [4.69, 9.17) is 10.8 Å². The third kappa shape index (κ3) is 4.30. The molecule has 3 nitrogen and oxygen atoms in total. The molecule has 0 aliphatic carbocycles. The molecule has 0 fully saturated rings. The van der Waals surface area contributed by atoms with Crippen molar-refractivity contribution >= 4 is 5.97 Å². The first kappa shape index (κ1) is 11.3. The van der Waals surface area contributed by atoms with Crippen LogP contribution < -0.4 is 5.73 Å². The fraction of sp³-hybridized carbons (Fsp3) is 0.250. The molecular formula is C12H13NO2. The minimum absolute atomic E-state index is 0.120. The van der Waals surface area contributed by atoms with Crippen LogP contribution in [-0.4, -0.2) is 17.6 Å². The van der Waals surface area contributed by atoms with Gasteiger partial charge in [0.2, 0.25) is 0 Å². The summed E-state index contributed by atoms with van der Waals surface area (Å²) in [7, 11) is 0. The van der Waals surface area contributed by atoms with Crippen LogP contribution in [-0.2, 0) is 11.2 Å². The second-order valence-electron chi connectivity index (χ2n) is 3.11. The Bertz CT molecular complexity index is 384. The summed E-state index contributed by atoms with van der Waals surface area (Å²) in [6.07, 6.45) is 0.730. The molecule has 0 amide bonds. The van der Waals surface area contributed by atoms with Gasteiger partial charge in [-0.15, -0.1) is 0 Å². The van der Waals surface area contributed by atoms with Gasteiger partial charge in [-0.05, 0) is 30.7 Å². The maximum absolute atomic E-state index is 10.2. The summed E-state index contributed by atoms with van der Waals surface area (Å²) in [5.74, 6) is 4.46. The summed E-state index contributed by atoms with van der Waals surface area (Å²) >= 11 is 0. The summed E-state index contributed by atoms with van der Waals surface area (Å²) < 4.78 is 0. The summed E-state index contributed by atoms with van der Waals surface area (Å²) in [6.45, 7) is 0.629. The second kappa shape index (κ2) is 5.84. The van der Waals surface area contributed by atoms with Crippen LogP contribution in [0.25, 0.3) is 0 Å². The zero-order valence-electron chi connectivity index (χ0n) is 8.36. The fourth-order valence-corrected chi connectivity index (χ4v) is 1.14. The number of rotatable bonds is 3. The molecule has 1 rings (SSSR count). The van der Waals surface area contributed by atoms with Crippen LogP contribution in [0.15, 0.2) is 24.3 Å². The van der Waals surface area contributed by atoms with Gasteiger partial charge in [-0.2, -0.15) is 0 Å². The molecule has 15 heavy (non-hydrogen) atoms. The Labute approximate surface area is 88.9 Å². The van der Waals surface area contributed by atoms with Crippen molar-refractivity contribution in [1.29, 1.82) is 0 Å². The maximum atomic E-state index is 10.2. The number of hydrogen-bond donors (Lipinski definition) is 2. The van der Waals surface area contributed by atoms with E-state index in [0.717, 1.165) is 12.0 Å². The van der Waals surface area contributed by atoms with Gasteiger partial charge in [0.15, 0.2) is 0 Å². The highest BCUT2D eigenvalue weighted by atomic mass is 16.4. The Morgan fingerprint density at radius 2 is 2.00 bits per heavy atom. The molecule has 0 radical (unpaired) electrons. The quantitative estimate of drug-likeness (QED) is 0.721. The van der Waals surface area contributed by atoms with Gasteiger partial charge >= 0.3 is 5.97 Å². The van der Waals surface area contributed by atoms with E-state index in [9.17, 15) is 4.79 Å². The molecule has 1 aromatic rings. The molecule has 78 valence electrons. The van der Waals surface area contributed by atoms with Crippen LogP contribution in [0, 0.1) is 11.8 Å². The molecule has 3 N–H and O–H groups in total. The molecule has 0 unspecified atom stereocenters. The lowest BCUT2D eigenvalue weighted by Gasteiger charge is -1.97. The Kier molecular flexibility index (Phi) is 4.39. The number of carboxylic acid groups (broad SMARTS) is 1. The number of nitrogens with two attached hydrogens (primary N) is 1. The molecule has 0 heterocycles. The highest BCUT2D eigenvalue weighted by Gasteiger charge is 1.92. The molecule has 0 aromatic heterocycles. The first-order chi connectivity index (χ1) is 7.22. The van der Waals surface area contributed by atoms with Crippen LogP contribution >= 0.6 is 0 Å². The normalized spacial score (nSPS) is 9.13. The molecule has 0 bridgehead atoms. The summed E-state index contributed by atoms with van der Waals surface area (Å²) in [4.78, 5) is 10.2. The van der Waals surface area contributed by atoms with E-state index in [1.54, 1.807) is 0 Å². The first-order valence-corrected chi connectivity index (χ1v) is 4.72. The number of carboxylic acids is 1. The molecule has 0 aliphatic rings. The Morgan fingerprint density at radius 3 is 2.53 bits per heavy atom. The van der Waals surface area contributed by atoms with Gasteiger partial charge < -0.3 is 10.8 Å². The Balaban J connectivity index is 2.62. The number of aliphatic carboxylic acids is 1. The standard InChI is InChI=1S/C12H13NO2/c13-9-8-11-6-4-10(5-7-11)2-1-3-12(14)15/h4-7H,3,8-9,13H2,(H,14,15). The Morgan fingerprint density at radius 1 is 1.33 bits per heavy atom. The van der Waals surface area contributed by atoms with Gasteiger partial charge in [-0.3, -0.25) is 4.79 Å². The largest absolute Gasteiger partial charge is 0.481 e. The lowest BCUT2D eigenvalue weighted by Crippen LogP contribution is -2.02. The predicted molar refractivity (Wildman–Crippen MR) is 58.3 cm³/mol. The lowest BCUT2D eigenvalue weighted by atomic mass is 10.1. The number of carbonyl (C=O) groups is 1. The van der Waals surface area contributed by atoms with E-state index >= 15 is 0 Å². The average Bonchev–Trinajstić information content (AvgIpc) is 2.20. The minimum Gasteiger partial charge on any atom is -0.481 e. The first-order valence-electron chi connectivity index (χ1n) is 4.72. The van der Waals surface area contributed by atoms with Crippen molar-refractivity contribution in [3.63, 3.8) is 0 Å². The maximum Gasteiger partial charge on any atom is 0.315 e. The van der Waals surface area contributed by atoms with Crippen molar-refractivity contribution in [1.82, 2.24) is 0 Å². The molecular weight excluding hydrogens is 190 g/mol. The minimum atomic E-state index is -0.901. The van der Waals surface area contributed by atoms with Gasteiger partial charge in [-0.1, -0.05) is 24.0 Å². The molecule has 0 spiro atoms. The van der Waals surface area contributed by atoms with Crippen LogP contribution in [0.1, 0.15) is 17.5 Å². The molecule has 0 atom stereocenters. The van der Waals surface area contributed by atoms with Crippen LogP contribution in [0.2, 0.25) is 0 Å². The molecule has 0 aliphatic heterocycles. The van der Waals surface area contributed by atoms with Gasteiger partial charge in [0.05, 0.1) is 0 Å². The molecule has 0 saturated heterocycles. The Hall–Kier alpha value is -1.79. The van der Waals surface area contributed by atoms with Crippen molar-refractivity contribution in [2.45, 2.75) is 12.8 Å². The zero-order chi connectivity index (χ0) is 11.1. The van der Waals surface area contributed by atoms with Crippen LogP contribution in [0.5, 0.6) is 0 Å². The highest BCUT2D eigenvalue weighted by molar-refractivity contribution is 5.70. The zero-order valence-corrected chi connectivity index (χ0v) is 8.36. The van der Waals surface area contributed by atoms with E-state index in [1.165, 1.54) is 5.56 Å². The van der Waals surface area contributed by atoms with Crippen molar-refractivity contribution in [3.8, 4) is 11.8 Å². The number of benzene rings is 1. The molecule has 0 saturated carbocycles. The van der Waals surface area contributed by atoms with Gasteiger partial charge in [0, 0.05) is 5.56 Å². The van der Waals surface area contributed by atoms with Crippen molar-refractivity contribution in [2.24, 2.45) is 5.73 Å². The third-order valence-electron chi connectivity index (χ3n) is 1.86. The SMILES string of the molecule is NCCc1ccc(C#CCC(=O)O)cc1. The van der Waals surface area contributed by atoms with Crippen molar-refractivity contribution in [2.75, 3.05) is 6.54 Å². The molecule has 1 aromatic carbocycles. The monoisotopic (exact) mass is 203 g/mol. The summed E-state index contributed by atoms with van der Waals surface area (Å²) in [5.41, 5.74) is 7.42. The smallest absolute Gasteiger partial charge is 0.315 e. The third-order valence-corrected chi connectivity index (χ3v) is 1.86. The lowest BCUT2D eigenvalue weighted by molar-refractivity contribution is -0.135. The van der Waals surface area contributed by atoms with Gasteiger partial charge in [0.1, 0.15) is 6.42 Å². The van der Waals surface area contributed by atoms with E-state index in [-0.39, 0.29) is 6.42 Å². The van der Waals surface area contributed by atoms with Gasteiger partial charge in [-0.25, -0.2) is 0 Å². The molecule has 3 heteroatoms. The fourth-order valence-electron chi connectivity index (χ4n) is 1.14. The summed E-state index contributed by atoms with van der Waals surface area (Å²) in [6, 6.07) is 7.66. The summed E-state index contributed by atoms with van der Waals surface area (Å²) in [5, 5.41) is 8.39. The second-order valence-corrected chi connectivity index (χ2v) is 3.11. The van der Waals surface area contributed by atoms with Crippen molar-refractivity contribution in [3.05, 3.63) is 35.4 Å². The average molecular weight is 203 g/mol. The van der Waals surface area contributed by atoms with Crippen LogP contribution in [0.3, 0.4) is 0 Å². The van der Waals surface area contributed by atoms with Crippen LogP contribution in [0.4, 0.5) is 0 Å². The van der Waals surface area contributed by atoms with Crippen molar-refractivity contribution < 1.29 is 9.90 Å².